The molecule has 3 unspecified atom stereocenters. The quantitative estimate of drug-likeness (QED) is 0.616. The van der Waals surface area contributed by atoms with E-state index in [1.807, 2.05) is 0 Å². The molecule has 0 aromatic rings. The van der Waals surface area contributed by atoms with E-state index >= 15 is 0 Å². The summed E-state index contributed by atoms with van der Waals surface area (Å²) in [5.41, 5.74) is 0.333. The Labute approximate surface area is 140 Å². The van der Waals surface area contributed by atoms with Crippen molar-refractivity contribution >= 4 is 5.96 Å². The average molecular weight is 323 g/mol. The van der Waals surface area contributed by atoms with E-state index in [1.165, 1.54) is 25.7 Å². The third-order valence-electron chi connectivity index (χ3n) is 5.79. The van der Waals surface area contributed by atoms with Gasteiger partial charge in [-0.3, -0.25) is 4.99 Å². The lowest BCUT2D eigenvalue weighted by atomic mass is 9.76. The van der Waals surface area contributed by atoms with Crippen molar-refractivity contribution in [2.75, 3.05) is 39.4 Å². The number of nitrogens with zero attached hydrogens (tertiary/aromatic N) is 2. The number of aliphatic imine (C=N–C) groups is 1. The van der Waals surface area contributed by atoms with Gasteiger partial charge in [-0.25, -0.2) is 0 Å². The SMILES string of the molecule is CCNC(=NCC1CCCC1O)N1CCCC2(CCCOC2)C1. The second-order valence-corrected chi connectivity index (χ2v) is 7.63. The van der Waals surface area contributed by atoms with Crippen LogP contribution in [-0.4, -0.2) is 61.5 Å². The molecular formula is C18H33N3O2. The largest absolute Gasteiger partial charge is 0.393 e. The number of likely N-dealkylation sites (tertiary alicyclic amines) is 1. The first-order valence-corrected chi connectivity index (χ1v) is 9.51. The van der Waals surface area contributed by atoms with E-state index in [-0.39, 0.29) is 6.10 Å². The van der Waals surface area contributed by atoms with Crippen LogP contribution in [0.1, 0.15) is 51.9 Å². The second-order valence-electron chi connectivity index (χ2n) is 7.63. The Balaban J connectivity index is 1.64. The number of hydrogen-bond acceptors (Lipinski definition) is 3. The smallest absolute Gasteiger partial charge is 0.193 e. The number of aliphatic hydroxyl groups is 1. The van der Waals surface area contributed by atoms with Crippen molar-refractivity contribution in [2.45, 2.75) is 58.0 Å². The van der Waals surface area contributed by atoms with Gasteiger partial charge in [-0.05, 0) is 45.4 Å². The summed E-state index contributed by atoms with van der Waals surface area (Å²) >= 11 is 0. The van der Waals surface area contributed by atoms with Crippen molar-refractivity contribution in [3.63, 3.8) is 0 Å². The van der Waals surface area contributed by atoms with Gasteiger partial charge >= 0.3 is 0 Å². The number of rotatable bonds is 3. The average Bonchev–Trinajstić information content (AvgIpc) is 2.97. The molecule has 1 spiro atoms. The maximum absolute atomic E-state index is 10.0. The van der Waals surface area contributed by atoms with Crippen LogP contribution in [0.3, 0.4) is 0 Å². The molecule has 0 radical (unpaired) electrons. The van der Waals surface area contributed by atoms with E-state index < -0.39 is 0 Å². The fourth-order valence-electron chi connectivity index (χ4n) is 4.48. The highest BCUT2D eigenvalue weighted by Crippen LogP contribution is 2.37. The van der Waals surface area contributed by atoms with Crippen molar-refractivity contribution in [1.82, 2.24) is 10.2 Å². The molecular weight excluding hydrogens is 290 g/mol. The molecule has 2 saturated heterocycles. The zero-order chi connectivity index (χ0) is 16.1. The van der Waals surface area contributed by atoms with Crippen LogP contribution in [0, 0.1) is 11.3 Å². The number of guanidine groups is 1. The molecule has 0 aromatic heterocycles. The van der Waals surface area contributed by atoms with E-state index in [4.69, 9.17) is 9.73 Å². The summed E-state index contributed by atoms with van der Waals surface area (Å²) in [4.78, 5) is 7.31. The van der Waals surface area contributed by atoms with Crippen LogP contribution in [0.5, 0.6) is 0 Å². The van der Waals surface area contributed by atoms with Crippen LogP contribution in [0.25, 0.3) is 0 Å². The van der Waals surface area contributed by atoms with Gasteiger partial charge < -0.3 is 20.1 Å². The van der Waals surface area contributed by atoms with Gasteiger partial charge in [0, 0.05) is 44.1 Å². The van der Waals surface area contributed by atoms with Crippen LogP contribution in [0.15, 0.2) is 4.99 Å². The van der Waals surface area contributed by atoms with Crippen LogP contribution in [0.2, 0.25) is 0 Å². The van der Waals surface area contributed by atoms with E-state index in [0.29, 0.717) is 11.3 Å². The number of aliphatic hydroxyl groups excluding tert-OH is 1. The molecule has 0 amide bonds. The maximum Gasteiger partial charge on any atom is 0.193 e. The Morgan fingerprint density at radius 2 is 2.17 bits per heavy atom. The Hall–Kier alpha value is -0.810. The van der Waals surface area contributed by atoms with Crippen molar-refractivity contribution < 1.29 is 9.84 Å². The second kappa shape index (κ2) is 7.84. The molecule has 2 aliphatic heterocycles. The third kappa shape index (κ3) is 4.18. The van der Waals surface area contributed by atoms with Crippen molar-refractivity contribution in [2.24, 2.45) is 16.3 Å². The first kappa shape index (κ1) is 17.0. The van der Waals surface area contributed by atoms with Crippen molar-refractivity contribution in [3.05, 3.63) is 0 Å². The normalized spacial score (nSPS) is 35.7. The molecule has 2 N–H and O–H groups in total. The van der Waals surface area contributed by atoms with Crippen LogP contribution in [0.4, 0.5) is 0 Å². The summed E-state index contributed by atoms with van der Waals surface area (Å²) in [6.07, 6.45) is 8.02. The topological polar surface area (TPSA) is 57.1 Å². The summed E-state index contributed by atoms with van der Waals surface area (Å²) < 4.78 is 5.79. The Morgan fingerprint density at radius 1 is 1.30 bits per heavy atom. The van der Waals surface area contributed by atoms with E-state index in [2.05, 4.69) is 17.1 Å². The lowest BCUT2D eigenvalue weighted by molar-refractivity contribution is -0.0370. The lowest BCUT2D eigenvalue weighted by Gasteiger charge is -2.45. The third-order valence-corrected chi connectivity index (χ3v) is 5.79. The van der Waals surface area contributed by atoms with E-state index in [0.717, 1.165) is 64.6 Å². The highest BCUT2D eigenvalue weighted by atomic mass is 16.5. The van der Waals surface area contributed by atoms with Gasteiger partial charge in [-0.2, -0.15) is 0 Å². The molecule has 1 saturated carbocycles. The predicted molar refractivity (Wildman–Crippen MR) is 92.6 cm³/mol. The van der Waals surface area contributed by atoms with Gasteiger partial charge in [0.25, 0.3) is 0 Å². The van der Waals surface area contributed by atoms with E-state index in [1.54, 1.807) is 0 Å². The minimum Gasteiger partial charge on any atom is -0.393 e. The summed E-state index contributed by atoms with van der Waals surface area (Å²) in [5, 5.41) is 13.5. The van der Waals surface area contributed by atoms with Gasteiger partial charge in [-0.1, -0.05) is 6.42 Å². The molecule has 132 valence electrons. The summed E-state index contributed by atoms with van der Waals surface area (Å²) in [6.45, 7) is 7.76. The lowest BCUT2D eigenvalue weighted by Crippen LogP contribution is -2.53. The Bertz CT molecular complexity index is 402. The predicted octanol–water partition coefficient (Wildman–Crippen LogP) is 2.01. The highest BCUT2D eigenvalue weighted by molar-refractivity contribution is 5.80. The highest BCUT2D eigenvalue weighted by Gasteiger charge is 2.38. The summed E-state index contributed by atoms with van der Waals surface area (Å²) in [5.74, 6) is 1.39. The first-order chi connectivity index (χ1) is 11.2. The molecule has 23 heavy (non-hydrogen) atoms. The number of ether oxygens (including phenoxy) is 1. The molecule has 3 fully saturated rings. The first-order valence-electron chi connectivity index (χ1n) is 9.51. The van der Waals surface area contributed by atoms with Crippen molar-refractivity contribution in [3.8, 4) is 0 Å². The molecule has 3 atom stereocenters. The molecule has 5 nitrogen and oxygen atoms in total. The van der Waals surface area contributed by atoms with Crippen molar-refractivity contribution in [1.29, 1.82) is 0 Å². The number of hydrogen-bond donors (Lipinski definition) is 2. The molecule has 1 aliphatic carbocycles. The minimum absolute atomic E-state index is 0.152. The number of nitrogens with one attached hydrogen (secondary N) is 1. The molecule has 0 aromatic carbocycles. The Morgan fingerprint density at radius 3 is 2.87 bits per heavy atom. The molecule has 2 heterocycles. The summed E-state index contributed by atoms with van der Waals surface area (Å²) in [6, 6.07) is 0. The number of piperidine rings is 1. The van der Waals surface area contributed by atoms with Gasteiger partial charge in [0.15, 0.2) is 5.96 Å². The molecule has 0 bridgehead atoms. The van der Waals surface area contributed by atoms with Gasteiger partial charge in [0.05, 0.1) is 12.7 Å². The van der Waals surface area contributed by atoms with Gasteiger partial charge in [0.2, 0.25) is 0 Å². The standard InChI is InChI=1S/C18H33N3O2/c1-2-19-17(20-12-15-6-3-7-16(15)22)21-10-4-8-18(13-21)9-5-11-23-14-18/h15-16,22H,2-14H2,1H3,(H,19,20). The van der Waals surface area contributed by atoms with Crippen LogP contribution in [-0.2, 0) is 4.74 Å². The summed E-state index contributed by atoms with van der Waals surface area (Å²) in [7, 11) is 0. The van der Waals surface area contributed by atoms with Crippen LogP contribution < -0.4 is 5.32 Å². The van der Waals surface area contributed by atoms with Crippen LogP contribution >= 0.6 is 0 Å². The van der Waals surface area contributed by atoms with Gasteiger partial charge in [-0.15, -0.1) is 0 Å². The molecule has 3 aliphatic rings. The van der Waals surface area contributed by atoms with E-state index in [9.17, 15) is 5.11 Å². The monoisotopic (exact) mass is 323 g/mol. The molecule has 3 rings (SSSR count). The Kier molecular flexibility index (Phi) is 5.81. The van der Waals surface area contributed by atoms with Gasteiger partial charge in [0.1, 0.15) is 0 Å². The molecule has 5 heteroatoms. The maximum atomic E-state index is 10.0. The zero-order valence-corrected chi connectivity index (χ0v) is 14.6. The fraction of sp³-hybridized carbons (Fsp3) is 0.944. The minimum atomic E-state index is -0.152. The zero-order valence-electron chi connectivity index (χ0n) is 14.6. The fourth-order valence-corrected chi connectivity index (χ4v) is 4.48.